The number of nitrogens with two attached hydrogens (primary N) is 1. The molecule has 2 rings (SSSR count). The van der Waals surface area contributed by atoms with Crippen LogP contribution in [0.25, 0.3) is 0 Å². The average Bonchev–Trinajstić information content (AvgIpc) is 2.43. The lowest BCUT2D eigenvalue weighted by molar-refractivity contribution is 0.414. The molecule has 0 atom stereocenters. The van der Waals surface area contributed by atoms with Crippen molar-refractivity contribution in [3.05, 3.63) is 52.5 Å². The lowest BCUT2D eigenvalue weighted by atomic mass is 10.1. The molecule has 2 aromatic rings. The summed E-state index contributed by atoms with van der Waals surface area (Å²) in [6.45, 7) is 0.827. The second-order valence-electron chi connectivity index (χ2n) is 4.26. The van der Waals surface area contributed by atoms with Crippen molar-refractivity contribution in [2.45, 2.75) is 6.42 Å². The zero-order valence-electron chi connectivity index (χ0n) is 10.8. The van der Waals surface area contributed by atoms with Gasteiger partial charge < -0.3 is 15.8 Å². The van der Waals surface area contributed by atoms with Crippen LogP contribution in [-0.4, -0.2) is 13.7 Å². The van der Waals surface area contributed by atoms with Gasteiger partial charge in [0.15, 0.2) is 0 Å². The van der Waals surface area contributed by atoms with Gasteiger partial charge in [-0.25, -0.2) is 0 Å². The summed E-state index contributed by atoms with van der Waals surface area (Å²) in [6.07, 6.45) is 0.920. The first-order valence-electron chi connectivity index (χ1n) is 6.11. The Bertz CT molecular complexity index is 558. The number of rotatable bonds is 5. The van der Waals surface area contributed by atoms with Crippen LogP contribution in [0.4, 0.5) is 11.4 Å². The third-order valence-corrected chi connectivity index (χ3v) is 3.37. The second kappa shape index (κ2) is 6.48. The molecule has 0 amide bonds. The van der Waals surface area contributed by atoms with E-state index in [9.17, 15) is 0 Å². The Balaban J connectivity index is 1.94. The number of methoxy groups -OCH3 is 1. The molecule has 0 saturated carbocycles. The van der Waals surface area contributed by atoms with E-state index in [1.54, 1.807) is 7.11 Å². The number of nitrogen functional groups attached to an aromatic ring is 1. The highest BCUT2D eigenvalue weighted by Gasteiger charge is 2.00. The molecule has 19 heavy (non-hydrogen) atoms. The monoisotopic (exact) mass is 320 g/mol. The van der Waals surface area contributed by atoms with Gasteiger partial charge in [0.1, 0.15) is 5.75 Å². The van der Waals surface area contributed by atoms with Crippen LogP contribution in [0.3, 0.4) is 0 Å². The average molecular weight is 321 g/mol. The van der Waals surface area contributed by atoms with Crippen molar-refractivity contribution < 1.29 is 4.74 Å². The van der Waals surface area contributed by atoms with E-state index in [-0.39, 0.29) is 0 Å². The maximum Gasteiger partial charge on any atom is 0.119 e. The number of hydrogen-bond donors (Lipinski definition) is 2. The minimum atomic E-state index is 0.758. The number of ether oxygens (including phenoxy) is 1. The number of nitrogens with one attached hydrogen (secondary N) is 1. The van der Waals surface area contributed by atoms with Crippen molar-refractivity contribution in [2.75, 3.05) is 24.7 Å². The van der Waals surface area contributed by atoms with Gasteiger partial charge in [-0.15, -0.1) is 0 Å². The Morgan fingerprint density at radius 1 is 1.21 bits per heavy atom. The topological polar surface area (TPSA) is 47.3 Å². The summed E-state index contributed by atoms with van der Waals surface area (Å²) in [5.41, 5.74) is 8.86. The molecule has 0 aliphatic carbocycles. The molecular weight excluding hydrogens is 304 g/mol. The Morgan fingerprint density at radius 3 is 2.84 bits per heavy atom. The number of benzene rings is 2. The molecule has 4 heteroatoms. The van der Waals surface area contributed by atoms with Gasteiger partial charge in [0.2, 0.25) is 0 Å². The lowest BCUT2D eigenvalue weighted by Gasteiger charge is -2.10. The van der Waals surface area contributed by atoms with E-state index >= 15 is 0 Å². The molecule has 0 bridgehead atoms. The van der Waals surface area contributed by atoms with Crippen molar-refractivity contribution in [1.29, 1.82) is 0 Å². The number of halogens is 1. The first-order valence-corrected chi connectivity index (χ1v) is 6.90. The highest BCUT2D eigenvalue weighted by atomic mass is 79.9. The lowest BCUT2D eigenvalue weighted by Crippen LogP contribution is -2.07. The second-order valence-corrected chi connectivity index (χ2v) is 5.18. The minimum absolute atomic E-state index is 0.758. The summed E-state index contributed by atoms with van der Waals surface area (Å²) in [5, 5.41) is 3.34. The van der Waals surface area contributed by atoms with E-state index in [1.807, 2.05) is 36.4 Å². The molecule has 0 fully saturated rings. The van der Waals surface area contributed by atoms with Crippen LogP contribution >= 0.6 is 15.9 Å². The molecule has 0 aromatic heterocycles. The SMILES string of the molecule is COc1cccc(CCNc2cc(Br)ccc2N)c1. The molecule has 2 aromatic carbocycles. The molecule has 0 spiro atoms. The van der Waals surface area contributed by atoms with Crippen molar-refractivity contribution in [3.63, 3.8) is 0 Å². The molecule has 0 saturated heterocycles. The van der Waals surface area contributed by atoms with Crippen molar-refractivity contribution in [1.82, 2.24) is 0 Å². The summed E-state index contributed by atoms with van der Waals surface area (Å²) in [4.78, 5) is 0. The van der Waals surface area contributed by atoms with Crippen molar-refractivity contribution in [3.8, 4) is 5.75 Å². The molecule has 0 aliphatic rings. The molecule has 0 unspecified atom stereocenters. The van der Waals surface area contributed by atoms with Gasteiger partial charge in [-0.3, -0.25) is 0 Å². The van der Waals surface area contributed by atoms with Crippen LogP contribution in [0.5, 0.6) is 5.75 Å². The molecule has 0 radical (unpaired) electrons. The third kappa shape index (κ3) is 3.89. The fraction of sp³-hybridized carbons (Fsp3) is 0.200. The fourth-order valence-electron chi connectivity index (χ4n) is 1.85. The Kier molecular flexibility index (Phi) is 4.68. The van der Waals surface area contributed by atoms with E-state index in [0.29, 0.717) is 0 Å². The van der Waals surface area contributed by atoms with Gasteiger partial charge in [-0.2, -0.15) is 0 Å². The summed E-state index contributed by atoms with van der Waals surface area (Å²) in [5.74, 6) is 0.888. The molecule has 3 N–H and O–H groups in total. The smallest absolute Gasteiger partial charge is 0.119 e. The van der Waals surface area contributed by atoms with Gasteiger partial charge in [-0.05, 0) is 42.3 Å². The van der Waals surface area contributed by atoms with Crippen LogP contribution in [0.15, 0.2) is 46.9 Å². The van der Waals surface area contributed by atoms with Gasteiger partial charge >= 0.3 is 0 Å². The zero-order valence-corrected chi connectivity index (χ0v) is 12.4. The van der Waals surface area contributed by atoms with E-state index in [4.69, 9.17) is 10.5 Å². The first kappa shape index (κ1) is 13.7. The number of hydrogen-bond acceptors (Lipinski definition) is 3. The predicted molar refractivity (Wildman–Crippen MR) is 83.7 cm³/mol. The summed E-state index contributed by atoms with van der Waals surface area (Å²) in [6, 6.07) is 13.9. The summed E-state index contributed by atoms with van der Waals surface area (Å²) < 4.78 is 6.23. The zero-order chi connectivity index (χ0) is 13.7. The maximum absolute atomic E-state index is 5.91. The predicted octanol–water partition coefficient (Wildman–Crippen LogP) is 3.69. The first-order chi connectivity index (χ1) is 9.19. The molecule has 0 aliphatic heterocycles. The standard InChI is InChI=1S/C15H17BrN2O/c1-19-13-4-2-3-11(9-13)7-8-18-15-10-12(16)5-6-14(15)17/h2-6,9-10,18H,7-8,17H2,1H3. The summed E-state index contributed by atoms with van der Waals surface area (Å²) in [7, 11) is 1.68. The number of anilines is 2. The Labute approximate surface area is 121 Å². The maximum atomic E-state index is 5.91. The van der Waals surface area contributed by atoms with Crippen LogP contribution in [0.2, 0.25) is 0 Å². The van der Waals surface area contributed by atoms with Crippen LogP contribution < -0.4 is 15.8 Å². The van der Waals surface area contributed by atoms with Gasteiger partial charge in [0.25, 0.3) is 0 Å². The van der Waals surface area contributed by atoms with Gasteiger partial charge in [0.05, 0.1) is 18.5 Å². The minimum Gasteiger partial charge on any atom is -0.497 e. The molecule has 100 valence electrons. The van der Waals surface area contributed by atoms with Gasteiger partial charge in [0, 0.05) is 11.0 Å². The van der Waals surface area contributed by atoms with Gasteiger partial charge in [-0.1, -0.05) is 28.1 Å². The molecular formula is C15H17BrN2O. The van der Waals surface area contributed by atoms with Crippen molar-refractivity contribution >= 4 is 27.3 Å². The van der Waals surface area contributed by atoms with Crippen LogP contribution in [-0.2, 0) is 6.42 Å². The third-order valence-electron chi connectivity index (χ3n) is 2.88. The largest absolute Gasteiger partial charge is 0.497 e. The van der Waals surface area contributed by atoms with Crippen LogP contribution in [0.1, 0.15) is 5.56 Å². The fourth-order valence-corrected chi connectivity index (χ4v) is 2.21. The molecule has 3 nitrogen and oxygen atoms in total. The Morgan fingerprint density at radius 2 is 2.05 bits per heavy atom. The van der Waals surface area contributed by atoms with E-state index in [2.05, 4.69) is 27.3 Å². The summed E-state index contributed by atoms with van der Waals surface area (Å²) >= 11 is 3.44. The normalized spacial score (nSPS) is 10.2. The highest BCUT2D eigenvalue weighted by Crippen LogP contribution is 2.23. The van der Waals surface area contributed by atoms with E-state index in [1.165, 1.54) is 5.56 Å². The molecule has 0 heterocycles. The van der Waals surface area contributed by atoms with E-state index < -0.39 is 0 Å². The quantitative estimate of drug-likeness (QED) is 0.826. The van der Waals surface area contributed by atoms with Crippen molar-refractivity contribution in [2.24, 2.45) is 0 Å². The highest BCUT2D eigenvalue weighted by molar-refractivity contribution is 9.10. The Hall–Kier alpha value is -1.68. The van der Waals surface area contributed by atoms with Crippen LogP contribution in [0, 0.1) is 0 Å². The van der Waals surface area contributed by atoms with E-state index in [0.717, 1.165) is 34.6 Å².